The summed E-state index contributed by atoms with van der Waals surface area (Å²) < 4.78 is 0. The lowest BCUT2D eigenvalue weighted by Gasteiger charge is -2.27. The summed E-state index contributed by atoms with van der Waals surface area (Å²) in [6, 6.07) is 0. The zero-order valence-electron chi connectivity index (χ0n) is 8.33. The quantitative estimate of drug-likeness (QED) is 0.577. The van der Waals surface area contributed by atoms with Crippen LogP contribution in [0.3, 0.4) is 0 Å². The molecule has 0 amide bonds. The van der Waals surface area contributed by atoms with Gasteiger partial charge in [-0.05, 0) is 25.3 Å². The fourth-order valence-electron chi connectivity index (χ4n) is 1.30. The van der Waals surface area contributed by atoms with Crippen LogP contribution in [-0.2, 0) is 0 Å². The van der Waals surface area contributed by atoms with Crippen molar-refractivity contribution in [1.29, 1.82) is 0 Å². The summed E-state index contributed by atoms with van der Waals surface area (Å²) >= 11 is 0. The van der Waals surface area contributed by atoms with Crippen molar-refractivity contribution >= 4 is 0 Å². The standard InChI is InChI=1S/C9H22N2/c1-5-7-9(3,6-2)8-11-10-4/h10-11H,5-8H2,1-4H3. The van der Waals surface area contributed by atoms with E-state index >= 15 is 0 Å². The Balaban J connectivity index is 3.68. The maximum atomic E-state index is 3.17. The Hall–Kier alpha value is -0.0800. The molecular weight excluding hydrogens is 136 g/mol. The third kappa shape index (κ3) is 4.38. The molecule has 0 aromatic carbocycles. The first kappa shape index (κ1) is 10.9. The zero-order chi connectivity index (χ0) is 8.74. The topological polar surface area (TPSA) is 24.1 Å². The molecule has 2 N–H and O–H groups in total. The third-order valence-corrected chi connectivity index (χ3v) is 2.40. The van der Waals surface area contributed by atoms with Crippen LogP contribution in [0.2, 0.25) is 0 Å². The lowest BCUT2D eigenvalue weighted by atomic mass is 9.83. The highest BCUT2D eigenvalue weighted by Crippen LogP contribution is 2.25. The molecule has 1 unspecified atom stereocenters. The number of hydrogen-bond donors (Lipinski definition) is 2. The fraction of sp³-hybridized carbons (Fsp3) is 1.00. The van der Waals surface area contributed by atoms with Crippen LogP contribution in [0.25, 0.3) is 0 Å². The van der Waals surface area contributed by atoms with E-state index in [1.165, 1.54) is 19.3 Å². The molecule has 68 valence electrons. The minimum Gasteiger partial charge on any atom is -0.261 e. The number of nitrogens with one attached hydrogen (secondary N) is 2. The van der Waals surface area contributed by atoms with Crippen molar-refractivity contribution in [3.63, 3.8) is 0 Å². The van der Waals surface area contributed by atoms with Crippen molar-refractivity contribution in [1.82, 2.24) is 10.9 Å². The molecule has 0 fully saturated rings. The molecule has 0 heterocycles. The van der Waals surface area contributed by atoms with E-state index in [9.17, 15) is 0 Å². The summed E-state index contributed by atoms with van der Waals surface area (Å²) in [5.41, 5.74) is 6.61. The van der Waals surface area contributed by atoms with E-state index in [2.05, 4.69) is 31.6 Å². The largest absolute Gasteiger partial charge is 0.261 e. The summed E-state index contributed by atoms with van der Waals surface area (Å²) in [6.45, 7) is 7.90. The smallest absolute Gasteiger partial charge is 0.0154 e. The molecule has 2 heteroatoms. The lowest BCUT2D eigenvalue weighted by molar-refractivity contribution is 0.257. The van der Waals surface area contributed by atoms with Gasteiger partial charge >= 0.3 is 0 Å². The van der Waals surface area contributed by atoms with Crippen LogP contribution in [0.1, 0.15) is 40.0 Å². The predicted octanol–water partition coefficient (Wildman–Crippen LogP) is 1.93. The van der Waals surface area contributed by atoms with E-state index in [4.69, 9.17) is 0 Å². The van der Waals surface area contributed by atoms with Gasteiger partial charge in [-0.2, -0.15) is 0 Å². The van der Waals surface area contributed by atoms with Crippen molar-refractivity contribution in [3.8, 4) is 0 Å². The molecule has 2 nitrogen and oxygen atoms in total. The molecule has 1 atom stereocenters. The third-order valence-electron chi connectivity index (χ3n) is 2.40. The molecular formula is C9H22N2. The molecule has 0 aliphatic heterocycles. The fourth-order valence-corrected chi connectivity index (χ4v) is 1.30. The van der Waals surface area contributed by atoms with Gasteiger partial charge in [0.05, 0.1) is 0 Å². The van der Waals surface area contributed by atoms with E-state index < -0.39 is 0 Å². The van der Waals surface area contributed by atoms with E-state index in [1.54, 1.807) is 0 Å². The highest BCUT2D eigenvalue weighted by molar-refractivity contribution is 4.73. The second-order valence-corrected chi connectivity index (χ2v) is 3.52. The maximum absolute atomic E-state index is 3.17. The second kappa shape index (κ2) is 5.56. The van der Waals surface area contributed by atoms with E-state index in [1.807, 2.05) is 7.05 Å². The molecule has 11 heavy (non-hydrogen) atoms. The monoisotopic (exact) mass is 158 g/mol. The Kier molecular flexibility index (Phi) is 5.51. The van der Waals surface area contributed by atoms with Crippen LogP contribution in [0, 0.1) is 5.41 Å². The number of hydrazine groups is 1. The highest BCUT2D eigenvalue weighted by Gasteiger charge is 2.19. The molecule has 0 spiro atoms. The molecule has 0 aliphatic rings. The Morgan fingerprint density at radius 1 is 1.27 bits per heavy atom. The van der Waals surface area contributed by atoms with Gasteiger partial charge in [0.2, 0.25) is 0 Å². The average molecular weight is 158 g/mol. The summed E-state index contributed by atoms with van der Waals surface area (Å²) in [5.74, 6) is 0. The van der Waals surface area contributed by atoms with Crippen molar-refractivity contribution < 1.29 is 0 Å². The van der Waals surface area contributed by atoms with Gasteiger partial charge in [-0.15, -0.1) is 0 Å². The van der Waals surface area contributed by atoms with Crippen molar-refractivity contribution in [2.24, 2.45) is 5.41 Å². The summed E-state index contributed by atoms with van der Waals surface area (Å²) in [4.78, 5) is 0. The first-order chi connectivity index (χ1) is 5.18. The Morgan fingerprint density at radius 2 is 1.91 bits per heavy atom. The second-order valence-electron chi connectivity index (χ2n) is 3.52. The van der Waals surface area contributed by atoms with Crippen molar-refractivity contribution in [2.45, 2.75) is 40.0 Å². The minimum atomic E-state index is 0.470. The van der Waals surface area contributed by atoms with Gasteiger partial charge in [0.1, 0.15) is 0 Å². The first-order valence-electron chi connectivity index (χ1n) is 4.58. The van der Waals surface area contributed by atoms with Gasteiger partial charge < -0.3 is 0 Å². The van der Waals surface area contributed by atoms with Gasteiger partial charge in [-0.1, -0.05) is 27.2 Å². The SMILES string of the molecule is CCCC(C)(CC)CNNC. The van der Waals surface area contributed by atoms with Gasteiger partial charge in [0.25, 0.3) is 0 Å². The van der Waals surface area contributed by atoms with E-state index in [0.717, 1.165) is 6.54 Å². The van der Waals surface area contributed by atoms with Gasteiger partial charge in [-0.25, -0.2) is 0 Å². The van der Waals surface area contributed by atoms with Crippen LogP contribution >= 0.6 is 0 Å². The Labute approximate surface area is 70.7 Å². The molecule has 0 aromatic rings. The molecule has 0 aliphatic carbocycles. The summed E-state index contributed by atoms with van der Waals surface area (Å²) in [7, 11) is 1.92. The van der Waals surface area contributed by atoms with Crippen LogP contribution in [0.15, 0.2) is 0 Å². The summed E-state index contributed by atoms with van der Waals surface area (Å²) in [5, 5.41) is 0. The average Bonchev–Trinajstić information content (AvgIpc) is 2.02. The van der Waals surface area contributed by atoms with Crippen molar-refractivity contribution in [3.05, 3.63) is 0 Å². The zero-order valence-corrected chi connectivity index (χ0v) is 8.33. The molecule has 0 bridgehead atoms. The van der Waals surface area contributed by atoms with Gasteiger partial charge in [-0.3, -0.25) is 10.9 Å². The number of rotatable bonds is 6. The Bertz CT molecular complexity index is 93.6. The van der Waals surface area contributed by atoms with Crippen LogP contribution < -0.4 is 10.9 Å². The van der Waals surface area contributed by atoms with Crippen molar-refractivity contribution in [2.75, 3.05) is 13.6 Å². The lowest BCUT2D eigenvalue weighted by Crippen LogP contribution is -2.38. The minimum absolute atomic E-state index is 0.470. The Morgan fingerprint density at radius 3 is 2.27 bits per heavy atom. The molecule has 0 rings (SSSR count). The van der Waals surface area contributed by atoms with Crippen LogP contribution in [0.5, 0.6) is 0 Å². The van der Waals surface area contributed by atoms with Gasteiger partial charge in [0, 0.05) is 6.54 Å². The van der Waals surface area contributed by atoms with Crippen LogP contribution in [0.4, 0.5) is 0 Å². The predicted molar refractivity (Wildman–Crippen MR) is 50.4 cm³/mol. The highest BCUT2D eigenvalue weighted by atomic mass is 15.3. The normalized spacial score (nSPS) is 16.4. The van der Waals surface area contributed by atoms with E-state index in [0.29, 0.717) is 5.41 Å². The van der Waals surface area contributed by atoms with E-state index in [-0.39, 0.29) is 0 Å². The molecule has 0 radical (unpaired) electrons. The first-order valence-corrected chi connectivity index (χ1v) is 4.58. The number of hydrogen-bond acceptors (Lipinski definition) is 2. The molecule has 0 saturated carbocycles. The van der Waals surface area contributed by atoms with Gasteiger partial charge in [0.15, 0.2) is 0 Å². The summed E-state index contributed by atoms with van der Waals surface area (Å²) in [6.07, 6.45) is 3.82. The van der Waals surface area contributed by atoms with Crippen LogP contribution in [-0.4, -0.2) is 13.6 Å². The molecule has 0 saturated heterocycles. The maximum Gasteiger partial charge on any atom is 0.0154 e. The molecule has 0 aromatic heterocycles.